The van der Waals surface area contributed by atoms with Gasteiger partial charge in [0.1, 0.15) is 0 Å². The second kappa shape index (κ2) is 5.83. The van der Waals surface area contributed by atoms with Gasteiger partial charge in [-0.05, 0) is 33.3 Å². The van der Waals surface area contributed by atoms with Crippen molar-refractivity contribution in [3.63, 3.8) is 0 Å². The molecule has 0 saturated heterocycles. The van der Waals surface area contributed by atoms with Gasteiger partial charge in [-0.1, -0.05) is 29.8 Å². The molecule has 0 aliphatic carbocycles. The van der Waals surface area contributed by atoms with Gasteiger partial charge in [-0.25, -0.2) is 0 Å². The maximum Gasteiger partial charge on any atom is 0.280 e. The lowest BCUT2D eigenvalue weighted by molar-refractivity contribution is -0.457. The Hall–Kier alpha value is -2.70. The van der Waals surface area contributed by atoms with Gasteiger partial charge in [0, 0.05) is 5.54 Å². The van der Waals surface area contributed by atoms with E-state index in [1.165, 1.54) is 17.3 Å². The fraction of sp³-hybridized carbons (Fsp3) is 0.375. The van der Waals surface area contributed by atoms with Crippen LogP contribution < -0.4 is 0 Å². The minimum Gasteiger partial charge on any atom is -0.337 e. The first-order valence-electron chi connectivity index (χ1n) is 7.18. The van der Waals surface area contributed by atoms with Gasteiger partial charge in [0.05, 0.1) is 22.2 Å². The Bertz CT molecular complexity index is 667. The molecule has 0 bridgehead atoms. The monoisotopic (exact) mass is 317 g/mol. The summed E-state index contributed by atoms with van der Waals surface area (Å²) in [5.74, 6) is -0.987. The van der Waals surface area contributed by atoms with Crippen molar-refractivity contribution in [2.75, 3.05) is 0 Å². The standard InChI is InChI=1S/C16H19N3O4/c1-11-5-7-12(8-6-11)15-13(18(20)21)9-17(16(2,3)4)10-14(15)19(22)23/h5-10,15H,1-4H3. The number of rotatable bonds is 3. The fourth-order valence-electron chi connectivity index (χ4n) is 2.42. The van der Waals surface area contributed by atoms with E-state index in [0.29, 0.717) is 5.56 Å². The van der Waals surface area contributed by atoms with E-state index < -0.39 is 21.3 Å². The number of aryl methyl sites for hydroxylation is 1. The molecule has 0 N–H and O–H groups in total. The summed E-state index contributed by atoms with van der Waals surface area (Å²) in [7, 11) is 0. The van der Waals surface area contributed by atoms with Gasteiger partial charge in [0.15, 0.2) is 5.92 Å². The van der Waals surface area contributed by atoms with Crippen molar-refractivity contribution in [2.45, 2.75) is 39.2 Å². The van der Waals surface area contributed by atoms with Crippen LogP contribution >= 0.6 is 0 Å². The van der Waals surface area contributed by atoms with Crippen LogP contribution in [0.1, 0.15) is 37.8 Å². The van der Waals surface area contributed by atoms with Gasteiger partial charge >= 0.3 is 0 Å². The predicted octanol–water partition coefficient (Wildman–Crippen LogP) is 3.43. The van der Waals surface area contributed by atoms with Gasteiger partial charge in [-0.3, -0.25) is 20.2 Å². The van der Waals surface area contributed by atoms with Crippen LogP contribution in [-0.4, -0.2) is 20.3 Å². The molecule has 1 aromatic rings. The SMILES string of the molecule is Cc1ccc(C2C([N+](=O)[O-])=CN(C(C)(C)C)C=C2[N+](=O)[O-])cc1. The first kappa shape index (κ1) is 16.7. The maximum absolute atomic E-state index is 11.5. The molecule has 0 spiro atoms. The Labute approximate surface area is 134 Å². The molecule has 7 heteroatoms. The molecule has 7 nitrogen and oxygen atoms in total. The zero-order valence-electron chi connectivity index (χ0n) is 13.5. The molecule has 1 heterocycles. The molecular weight excluding hydrogens is 298 g/mol. The van der Waals surface area contributed by atoms with Gasteiger partial charge in [0.25, 0.3) is 11.4 Å². The van der Waals surface area contributed by atoms with Crippen LogP contribution in [0.2, 0.25) is 0 Å². The number of benzene rings is 1. The lowest BCUT2D eigenvalue weighted by Crippen LogP contribution is -2.38. The highest BCUT2D eigenvalue weighted by Crippen LogP contribution is 2.38. The third-order valence-electron chi connectivity index (χ3n) is 3.74. The molecule has 0 radical (unpaired) electrons. The quantitative estimate of drug-likeness (QED) is 0.629. The summed E-state index contributed by atoms with van der Waals surface area (Å²) >= 11 is 0. The Morgan fingerprint density at radius 2 is 1.39 bits per heavy atom. The summed E-state index contributed by atoms with van der Waals surface area (Å²) < 4.78 is 0. The van der Waals surface area contributed by atoms with Crippen LogP contribution in [-0.2, 0) is 0 Å². The summed E-state index contributed by atoms with van der Waals surface area (Å²) in [6, 6.07) is 6.98. The van der Waals surface area contributed by atoms with Crippen molar-refractivity contribution in [3.05, 3.63) is 79.4 Å². The minimum absolute atomic E-state index is 0.196. The van der Waals surface area contributed by atoms with E-state index in [9.17, 15) is 20.2 Å². The normalized spacial score (nSPS) is 15.9. The summed E-state index contributed by atoms with van der Waals surface area (Å²) in [6.45, 7) is 7.39. The third-order valence-corrected chi connectivity index (χ3v) is 3.74. The largest absolute Gasteiger partial charge is 0.337 e. The third kappa shape index (κ3) is 3.39. The Morgan fingerprint density at radius 1 is 0.957 bits per heavy atom. The van der Waals surface area contributed by atoms with Crippen LogP contribution in [0.4, 0.5) is 0 Å². The van der Waals surface area contributed by atoms with E-state index in [1.54, 1.807) is 24.3 Å². The molecule has 2 rings (SSSR count). The first-order chi connectivity index (χ1) is 10.6. The summed E-state index contributed by atoms with van der Waals surface area (Å²) in [5.41, 5.74) is 0.631. The highest BCUT2D eigenvalue weighted by molar-refractivity contribution is 5.37. The molecule has 0 amide bonds. The van der Waals surface area contributed by atoms with E-state index >= 15 is 0 Å². The number of nitrogens with zero attached hydrogens (tertiary/aromatic N) is 3. The summed E-state index contributed by atoms with van der Waals surface area (Å²) in [6.07, 6.45) is 2.77. The van der Waals surface area contributed by atoms with Crippen molar-refractivity contribution in [3.8, 4) is 0 Å². The molecule has 0 aromatic heterocycles. The van der Waals surface area contributed by atoms with Gasteiger partial charge < -0.3 is 4.90 Å². The lowest BCUT2D eigenvalue weighted by Gasteiger charge is -2.33. The van der Waals surface area contributed by atoms with Crippen molar-refractivity contribution in [2.24, 2.45) is 0 Å². The molecule has 0 atom stereocenters. The van der Waals surface area contributed by atoms with Crippen molar-refractivity contribution >= 4 is 0 Å². The zero-order chi connectivity index (χ0) is 17.4. The Morgan fingerprint density at radius 3 is 1.74 bits per heavy atom. The molecular formula is C16H19N3O4. The molecule has 0 fully saturated rings. The first-order valence-corrected chi connectivity index (χ1v) is 7.18. The van der Waals surface area contributed by atoms with Gasteiger partial charge in [-0.15, -0.1) is 0 Å². The average molecular weight is 317 g/mol. The number of hydrogen-bond acceptors (Lipinski definition) is 5. The molecule has 23 heavy (non-hydrogen) atoms. The van der Waals surface area contributed by atoms with Crippen LogP contribution in [0.25, 0.3) is 0 Å². The van der Waals surface area contributed by atoms with E-state index in [0.717, 1.165) is 5.56 Å². The minimum atomic E-state index is -0.987. The fourth-order valence-corrected chi connectivity index (χ4v) is 2.42. The van der Waals surface area contributed by atoms with Gasteiger partial charge in [-0.2, -0.15) is 0 Å². The molecule has 1 aliphatic rings. The van der Waals surface area contributed by atoms with E-state index in [-0.39, 0.29) is 11.4 Å². The second-order valence-electron chi connectivity index (χ2n) is 6.54. The highest BCUT2D eigenvalue weighted by Gasteiger charge is 2.42. The highest BCUT2D eigenvalue weighted by atomic mass is 16.6. The lowest BCUT2D eigenvalue weighted by atomic mass is 9.90. The predicted molar refractivity (Wildman–Crippen MR) is 85.7 cm³/mol. The molecule has 0 unspecified atom stereocenters. The summed E-state index contributed by atoms with van der Waals surface area (Å²) in [4.78, 5) is 23.5. The zero-order valence-corrected chi connectivity index (χ0v) is 13.5. The van der Waals surface area contributed by atoms with Crippen LogP contribution in [0, 0.1) is 27.2 Å². The topological polar surface area (TPSA) is 89.5 Å². The number of nitro groups is 2. The van der Waals surface area contributed by atoms with E-state index in [1.807, 2.05) is 27.7 Å². The van der Waals surface area contributed by atoms with Crippen molar-refractivity contribution < 1.29 is 9.85 Å². The summed E-state index contributed by atoms with van der Waals surface area (Å²) in [5, 5.41) is 23.0. The molecule has 0 saturated carbocycles. The molecule has 1 aromatic carbocycles. The maximum atomic E-state index is 11.5. The van der Waals surface area contributed by atoms with E-state index in [4.69, 9.17) is 0 Å². The van der Waals surface area contributed by atoms with Gasteiger partial charge in [0.2, 0.25) is 0 Å². The van der Waals surface area contributed by atoms with Crippen LogP contribution in [0.3, 0.4) is 0 Å². The second-order valence-corrected chi connectivity index (χ2v) is 6.54. The smallest absolute Gasteiger partial charge is 0.280 e. The van der Waals surface area contributed by atoms with Crippen LogP contribution in [0.15, 0.2) is 48.1 Å². The Kier molecular flexibility index (Phi) is 4.22. The molecule has 122 valence electrons. The number of hydrogen-bond donors (Lipinski definition) is 0. The molecule has 1 aliphatic heterocycles. The Balaban J connectivity index is 2.61. The van der Waals surface area contributed by atoms with Crippen molar-refractivity contribution in [1.29, 1.82) is 0 Å². The average Bonchev–Trinajstić information content (AvgIpc) is 2.45. The van der Waals surface area contributed by atoms with E-state index in [2.05, 4.69) is 0 Å². The van der Waals surface area contributed by atoms with Crippen LogP contribution in [0.5, 0.6) is 0 Å². The van der Waals surface area contributed by atoms with Crippen molar-refractivity contribution in [1.82, 2.24) is 4.90 Å².